The molecule has 1 aromatic heterocycles. The Morgan fingerprint density at radius 1 is 1.05 bits per heavy atom. The third-order valence-corrected chi connectivity index (χ3v) is 2.87. The lowest BCUT2D eigenvalue weighted by atomic mass is 9.80. The van der Waals surface area contributed by atoms with Crippen LogP contribution in [0.25, 0.3) is 0 Å². The van der Waals surface area contributed by atoms with Gasteiger partial charge in [0.2, 0.25) is 0 Å². The first-order valence-corrected chi connectivity index (χ1v) is 5.70. The van der Waals surface area contributed by atoms with Gasteiger partial charge in [0, 0.05) is 19.4 Å². The Kier molecular flexibility index (Phi) is 3.68. The number of rotatable bonds is 3. The van der Waals surface area contributed by atoms with Gasteiger partial charge >= 0.3 is 18.2 Å². The molecule has 0 aliphatic heterocycles. The molecule has 19 heavy (non-hydrogen) atoms. The Hall–Kier alpha value is -2.12. The van der Waals surface area contributed by atoms with E-state index in [1.54, 1.807) is 30.5 Å². The molecule has 0 aliphatic rings. The molecule has 0 bridgehead atoms. The van der Waals surface area contributed by atoms with Crippen molar-refractivity contribution in [1.29, 1.82) is 0 Å². The molecule has 2 rings (SSSR count). The van der Waals surface area contributed by atoms with Gasteiger partial charge in [0.25, 0.3) is 0 Å². The summed E-state index contributed by atoms with van der Waals surface area (Å²) in [5.41, 5.74) is 0.000922. The molecule has 2 N–H and O–H groups in total. The Morgan fingerprint density at radius 2 is 1.68 bits per heavy atom. The highest BCUT2D eigenvalue weighted by Crippen LogP contribution is 1.99. The van der Waals surface area contributed by atoms with Crippen molar-refractivity contribution in [2.24, 2.45) is 7.05 Å². The molecule has 0 saturated carbocycles. The van der Waals surface area contributed by atoms with Crippen LogP contribution < -0.4 is 16.6 Å². The topological polar surface area (TPSA) is 84.5 Å². The normalized spacial score (nSPS) is 10.5. The molecular formula is C12H13BN2O4. The standard InChI is InChI=1S/C12H13BN2O4/c1-14-6-7-15(12(17)11(14)16)8-9-2-4-10(5-3-9)13(18)19/h2-7,18-19H,8H2,1H3. The van der Waals surface area contributed by atoms with Gasteiger partial charge in [-0.05, 0) is 11.0 Å². The van der Waals surface area contributed by atoms with Crippen LogP contribution in [0.5, 0.6) is 0 Å². The molecule has 2 aromatic rings. The molecule has 0 atom stereocenters. The predicted octanol–water partition coefficient (Wildman–Crippen LogP) is -1.72. The van der Waals surface area contributed by atoms with Gasteiger partial charge in [-0.15, -0.1) is 0 Å². The fourth-order valence-electron chi connectivity index (χ4n) is 1.71. The van der Waals surface area contributed by atoms with Gasteiger partial charge in [0.1, 0.15) is 0 Å². The maximum absolute atomic E-state index is 11.7. The quantitative estimate of drug-likeness (QED) is 0.507. The number of aryl methyl sites for hydroxylation is 1. The third kappa shape index (κ3) is 2.83. The molecule has 0 spiro atoms. The lowest BCUT2D eigenvalue weighted by Crippen LogP contribution is -2.39. The van der Waals surface area contributed by atoms with Crippen LogP contribution in [0.4, 0.5) is 0 Å². The second-order valence-corrected chi connectivity index (χ2v) is 4.26. The Morgan fingerprint density at radius 3 is 2.26 bits per heavy atom. The Balaban J connectivity index is 2.29. The highest BCUT2D eigenvalue weighted by Gasteiger charge is 2.10. The minimum Gasteiger partial charge on any atom is -0.423 e. The van der Waals surface area contributed by atoms with E-state index in [9.17, 15) is 9.59 Å². The van der Waals surface area contributed by atoms with Crippen molar-refractivity contribution in [2.75, 3.05) is 0 Å². The van der Waals surface area contributed by atoms with Gasteiger partial charge in [-0.1, -0.05) is 24.3 Å². The number of hydrogen-bond donors (Lipinski definition) is 2. The van der Waals surface area contributed by atoms with Crippen molar-refractivity contribution in [3.63, 3.8) is 0 Å². The van der Waals surface area contributed by atoms with Gasteiger partial charge in [-0.2, -0.15) is 0 Å². The summed E-state index contributed by atoms with van der Waals surface area (Å²) in [7, 11) is 0.00619. The molecule has 0 saturated heterocycles. The van der Waals surface area contributed by atoms with Crippen molar-refractivity contribution >= 4 is 12.6 Å². The van der Waals surface area contributed by atoms with Gasteiger partial charge in [0.05, 0.1) is 6.54 Å². The SMILES string of the molecule is Cn1ccn(Cc2ccc(B(O)O)cc2)c(=O)c1=O. The van der Waals surface area contributed by atoms with Crippen LogP contribution in [0.1, 0.15) is 5.56 Å². The molecule has 0 fully saturated rings. The summed E-state index contributed by atoms with van der Waals surface area (Å²) in [6, 6.07) is 6.48. The summed E-state index contributed by atoms with van der Waals surface area (Å²) in [6.45, 7) is 0.261. The molecule has 6 nitrogen and oxygen atoms in total. The lowest BCUT2D eigenvalue weighted by molar-refractivity contribution is 0.426. The second-order valence-electron chi connectivity index (χ2n) is 4.26. The summed E-state index contributed by atoms with van der Waals surface area (Å²) in [6.07, 6.45) is 3.06. The van der Waals surface area contributed by atoms with E-state index in [-0.39, 0.29) is 6.54 Å². The van der Waals surface area contributed by atoms with Crippen LogP contribution in [0, 0.1) is 0 Å². The van der Waals surface area contributed by atoms with Crippen LogP contribution in [0.15, 0.2) is 46.2 Å². The van der Waals surface area contributed by atoms with E-state index in [0.29, 0.717) is 5.46 Å². The first-order chi connectivity index (χ1) is 8.99. The van der Waals surface area contributed by atoms with Crippen molar-refractivity contribution in [2.45, 2.75) is 6.54 Å². The van der Waals surface area contributed by atoms with Crippen molar-refractivity contribution in [3.8, 4) is 0 Å². The van der Waals surface area contributed by atoms with Gasteiger partial charge in [-0.3, -0.25) is 9.59 Å². The number of nitrogens with zero attached hydrogens (tertiary/aromatic N) is 2. The molecule has 1 aromatic carbocycles. The maximum atomic E-state index is 11.7. The van der Waals surface area contributed by atoms with E-state index in [1.165, 1.54) is 22.4 Å². The first-order valence-electron chi connectivity index (χ1n) is 5.70. The zero-order valence-corrected chi connectivity index (χ0v) is 10.4. The van der Waals surface area contributed by atoms with Crippen LogP contribution >= 0.6 is 0 Å². The van der Waals surface area contributed by atoms with Crippen LogP contribution in [-0.4, -0.2) is 26.3 Å². The van der Waals surface area contributed by atoms with Crippen LogP contribution in [0.2, 0.25) is 0 Å². The summed E-state index contributed by atoms with van der Waals surface area (Å²) in [4.78, 5) is 23.2. The molecule has 0 unspecified atom stereocenters. The van der Waals surface area contributed by atoms with Crippen molar-refractivity contribution in [1.82, 2.24) is 9.13 Å². The first kappa shape index (κ1) is 13.3. The third-order valence-electron chi connectivity index (χ3n) is 2.87. The summed E-state index contributed by atoms with van der Waals surface area (Å²) >= 11 is 0. The lowest BCUT2D eigenvalue weighted by Gasteiger charge is -2.07. The zero-order valence-electron chi connectivity index (χ0n) is 10.4. The van der Waals surface area contributed by atoms with E-state index < -0.39 is 18.2 Å². The fraction of sp³-hybridized carbons (Fsp3) is 0.167. The average Bonchev–Trinajstić information content (AvgIpc) is 2.40. The largest absolute Gasteiger partial charge is 0.488 e. The van der Waals surface area contributed by atoms with E-state index in [4.69, 9.17) is 10.0 Å². The molecule has 1 heterocycles. The molecule has 0 aliphatic carbocycles. The molecule has 98 valence electrons. The average molecular weight is 260 g/mol. The Labute approximate surface area is 109 Å². The zero-order chi connectivity index (χ0) is 14.0. The van der Waals surface area contributed by atoms with E-state index in [2.05, 4.69) is 0 Å². The minimum absolute atomic E-state index is 0.261. The maximum Gasteiger partial charge on any atom is 0.488 e. The van der Waals surface area contributed by atoms with Crippen molar-refractivity contribution in [3.05, 3.63) is 62.9 Å². The molecule has 7 heteroatoms. The Bertz CT molecular complexity index is 688. The summed E-state index contributed by atoms with van der Waals surface area (Å²) < 4.78 is 2.54. The van der Waals surface area contributed by atoms with Crippen LogP contribution in [0.3, 0.4) is 0 Å². The number of benzene rings is 1. The van der Waals surface area contributed by atoms with E-state index >= 15 is 0 Å². The summed E-state index contributed by atoms with van der Waals surface area (Å²) in [5.74, 6) is 0. The molecule has 0 amide bonds. The highest BCUT2D eigenvalue weighted by molar-refractivity contribution is 6.58. The molecular weight excluding hydrogens is 247 g/mol. The second kappa shape index (κ2) is 5.25. The van der Waals surface area contributed by atoms with Gasteiger partial charge in [-0.25, -0.2) is 0 Å². The van der Waals surface area contributed by atoms with Gasteiger partial charge < -0.3 is 19.2 Å². The van der Waals surface area contributed by atoms with Crippen LogP contribution in [-0.2, 0) is 13.6 Å². The highest BCUT2D eigenvalue weighted by atomic mass is 16.4. The smallest absolute Gasteiger partial charge is 0.423 e. The number of hydrogen-bond acceptors (Lipinski definition) is 4. The molecule has 0 radical (unpaired) electrons. The monoisotopic (exact) mass is 260 g/mol. The number of aromatic nitrogens is 2. The fourth-order valence-corrected chi connectivity index (χ4v) is 1.71. The summed E-state index contributed by atoms with van der Waals surface area (Å²) in [5, 5.41) is 17.9. The van der Waals surface area contributed by atoms with Gasteiger partial charge in [0.15, 0.2) is 0 Å². The van der Waals surface area contributed by atoms with Crippen molar-refractivity contribution < 1.29 is 10.0 Å². The van der Waals surface area contributed by atoms with E-state index in [0.717, 1.165) is 5.56 Å². The predicted molar refractivity (Wildman–Crippen MR) is 71.3 cm³/mol. The minimum atomic E-state index is -1.51. The van der Waals surface area contributed by atoms with E-state index in [1.807, 2.05) is 0 Å².